The van der Waals surface area contributed by atoms with Crippen LogP contribution in [0.2, 0.25) is 0 Å². The number of nitrogens with one attached hydrogen (secondary N) is 1. The van der Waals surface area contributed by atoms with Crippen LogP contribution in [-0.2, 0) is 33.8 Å². The van der Waals surface area contributed by atoms with Crippen molar-refractivity contribution in [2.45, 2.75) is 32.2 Å². The molecule has 0 unspecified atom stereocenters. The Balaban J connectivity index is 1.20. The van der Waals surface area contributed by atoms with E-state index in [0.29, 0.717) is 18.7 Å². The van der Waals surface area contributed by atoms with E-state index < -0.39 is 0 Å². The summed E-state index contributed by atoms with van der Waals surface area (Å²) in [4.78, 5) is 42.3. The number of hydrogen-bond acceptors (Lipinski definition) is 5. The van der Waals surface area contributed by atoms with Crippen LogP contribution in [0.3, 0.4) is 0 Å². The molecule has 31 heavy (non-hydrogen) atoms. The maximum absolute atomic E-state index is 12.5. The summed E-state index contributed by atoms with van der Waals surface area (Å²) in [6, 6.07) is 9.47. The summed E-state index contributed by atoms with van der Waals surface area (Å²) in [5.74, 6) is 2.02. The van der Waals surface area contributed by atoms with E-state index in [0.717, 1.165) is 43.1 Å². The summed E-state index contributed by atoms with van der Waals surface area (Å²) in [6.07, 6.45) is 1.66. The van der Waals surface area contributed by atoms with Crippen molar-refractivity contribution in [3.8, 4) is 0 Å². The van der Waals surface area contributed by atoms with Gasteiger partial charge in [0.1, 0.15) is 0 Å². The van der Waals surface area contributed by atoms with Gasteiger partial charge in [-0.1, -0.05) is 12.1 Å². The molecule has 0 bridgehead atoms. The maximum Gasteiger partial charge on any atom is 0.227 e. The number of benzene rings is 1. The molecular weight excluding hydrogens is 430 g/mol. The van der Waals surface area contributed by atoms with Gasteiger partial charge in [-0.15, -0.1) is 11.3 Å². The third-order valence-electron chi connectivity index (χ3n) is 5.68. The number of thiophene rings is 1. The monoisotopic (exact) mass is 457 g/mol. The van der Waals surface area contributed by atoms with Crippen LogP contribution in [0.15, 0.2) is 35.7 Å². The molecule has 0 radical (unpaired) electrons. The lowest BCUT2D eigenvalue weighted by Gasteiger charge is -2.27. The molecule has 1 aromatic carbocycles. The Labute approximate surface area is 191 Å². The molecule has 1 saturated heterocycles. The van der Waals surface area contributed by atoms with Crippen LogP contribution in [0.4, 0.5) is 5.69 Å². The van der Waals surface area contributed by atoms with E-state index in [9.17, 15) is 14.4 Å². The Morgan fingerprint density at radius 2 is 1.68 bits per heavy atom. The SMILES string of the molecule is O=C(CCC(=O)N1CCc2sccc2C1)Nc1ccc(CC(=O)N2CCSCC2)cc1. The van der Waals surface area contributed by atoms with Crippen LogP contribution in [0.1, 0.15) is 28.8 Å². The zero-order valence-electron chi connectivity index (χ0n) is 17.5. The van der Waals surface area contributed by atoms with Gasteiger partial charge < -0.3 is 15.1 Å². The van der Waals surface area contributed by atoms with Crippen LogP contribution in [-0.4, -0.2) is 58.7 Å². The second kappa shape index (κ2) is 10.3. The number of nitrogens with zero attached hydrogens (tertiary/aromatic N) is 2. The molecule has 1 N–H and O–H groups in total. The maximum atomic E-state index is 12.5. The van der Waals surface area contributed by atoms with Crippen LogP contribution in [0.25, 0.3) is 0 Å². The molecule has 0 atom stereocenters. The highest BCUT2D eigenvalue weighted by Crippen LogP contribution is 2.24. The highest BCUT2D eigenvalue weighted by atomic mass is 32.2. The molecule has 164 valence electrons. The summed E-state index contributed by atoms with van der Waals surface area (Å²) < 4.78 is 0. The number of hydrogen-bond donors (Lipinski definition) is 1. The number of fused-ring (bicyclic) bond motifs is 1. The Bertz CT molecular complexity index is 936. The van der Waals surface area contributed by atoms with E-state index in [2.05, 4.69) is 16.8 Å². The summed E-state index contributed by atoms with van der Waals surface area (Å²) >= 11 is 3.63. The van der Waals surface area contributed by atoms with Gasteiger partial charge in [0.15, 0.2) is 0 Å². The van der Waals surface area contributed by atoms with Gasteiger partial charge in [0, 0.05) is 61.1 Å². The topological polar surface area (TPSA) is 69.7 Å². The second-order valence-electron chi connectivity index (χ2n) is 7.85. The lowest BCUT2D eigenvalue weighted by atomic mass is 10.1. The van der Waals surface area contributed by atoms with E-state index in [4.69, 9.17) is 0 Å². The minimum Gasteiger partial charge on any atom is -0.341 e. The number of carbonyl (C=O) groups excluding carboxylic acids is 3. The molecule has 3 amide bonds. The van der Waals surface area contributed by atoms with E-state index >= 15 is 0 Å². The lowest BCUT2D eigenvalue weighted by molar-refractivity contribution is -0.133. The minimum atomic E-state index is -0.170. The van der Waals surface area contributed by atoms with E-state index in [1.807, 2.05) is 45.8 Å². The van der Waals surface area contributed by atoms with Crippen molar-refractivity contribution in [3.63, 3.8) is 0 Å². The largest absolute Gasteiger partial charge is 0.341 e. The first-order chi connectivity index (χ1) is 15.1. The van der Waals surface area contributed by atoms with Gasteiger partial charge in [0.2, 0.25) is 17.7 Å². The van der Waals surface area contributed by atoms with Gasteiger partial charge in [-0.3, -0.25) is 14.4 Å². The van der Waals surface area contributed by atoms with Crippen LogP contribution >= 0.6 is 23.1 Å². The molecule has 0 saturated carbocycles. The van der Waals surface area contributed by atoms with Crippen molar-refractivity contribution < 1.29 is 14.4 Å². The van der Waals surface area contributed by atoms with Crippen LogP contribution in [0.5, 0.6) is 0 Å². The third kappa shape index (κ3) is 5.89. The predicted octanol–water partition coefficient (Wildman–Crippen LogP) is 3.17. The van der Waals surface area contributed by atoms with Gasteiger partial charge in [-0.25, -0.2) is 0 Å². The highest BCUT2D eigenvalue weighted by Gasteiger charge is 2.22. The van der Waals surface area contributed by atoms with Crippen LogP contribution in [0, 0.1) is 0 Å². The number of thioether (sulfide) groups is 1. The first kappa shape index (κ1) is 21.9. The Morgan fingerprint density at radius 1 is 0.903 bits per heavy atom. The van der Waals surface area contributed by atoms with Crippen molar-refractivity contribution in [2.24, 2.45) is 0 Å². The zero-order valence-corrected chi connectivity index (χ0v) is 19.1. The fourth-order valence-electron chi connectivity index (χ4n) is 3.87. The summed E-state index contributed by atoms with van der Waals surface area (Å²) in [7, 11) is 0. The van der Waals surface area contributed by atoms with E-state index in [1.54, 1.807) is 11.3 Å². The summed E-state index contributed by atoms with van der Waals surface area (Å²) in [5.41, 5.74) is 2.85. The number of amides is 3. The molecule has 0 spiro atoms. The average Bonchev–Trinajstić information content (AvgIpc) is 3.27. The fourth-order valence-corrected chi connectivity index (χ4v) is 5.66. The number of carbonyl (C=O) groups is 3. The van der Waals surface area contributed by atoms with Crippen molar-refractivity contribution in [2.75, 3.05) is 36.5 Å². The summed E-state index contributed by atoms with van der Waals surface area (Å²) in [6.45, 7) is 3.02. The van der Waals surface area contributed by atoms with Crippen LogP contribution < -0.4 is 5.32 Å². The molecule has 2 aliphatic rings. The molecule has 1 aromatic heterocycles. The first-order valence-electron chi connectivity index (χ1n) is 10.7. The van der Waals surface area contributed by atoms with Crippen molar-refractivity contribution in [1.82, 2.24) is 9.80 Å². The van der Waals surface area contributed by atoms with Gasteiger partial charge in [0.05, 0.1) is 6.42 Å². The predicted molar refractivity (Wildman–Crippen MR) is 125 cm³/mol. The van der Waals surface area contributed by atoms with E-state index in [1.165, 1.54) is 10.4 Å². The summed E-state index contributed by atoms with van der Waals surface area (Å²) in [5, 5.41) is 4.92. The van der Waals surface area contributed by atoms with E-state index in [-0.39, 0.29) is 30.6 Å². The quantitative estimate of drug-likeness (QED) is 0.723. The molecule has 0 aliphatic carbocycles. The number of rotatable bonds is 6. The first-order valence-corrected chi connectivity index (χ1v) is 12.7. The standard InChI is InChI=1S/C23H27N3O3S2/c27-21(5-6-22(28)26-9-7-20-18(16-26)8-12-31-20)24-19-3-1-17(2-4-19)15-23(29)25-10-13-30-14-11-25/h1-4,8,12H,5-7,9-11,13-16H2,(H,24,27). The van der Waals surface area contributed by atoms with Gasteiger partial charge in [-0.05, 0) is 41.1 Å². The number of anilines is 1. The Hall–Kier alpha value is -2.32. The Kier molecular flexibility index (Phi) is 7.29. The molecule has 8 heteroatoms. The normalized spacial score (nSPS) is 16.0. The minimum absolute atomic E-state index is 0.0250. The average molecular weight is 458 g/mol. The van der Waals surface area contributed by atoms with Gasteiger partial charge in [0.25, 0.3) is 0 Å². The smallest absolute Gasteiger partial charge is 0.227 e. The molecule has 3 heterocycles. The molecule has 1 fully saturated rings. The third-order valence-corrected chi connectivity index (χ3v) is 7.65. The zero-order chi connectivity index (χ0) is 21.6. The highest BCUT2D eigenvalue weighted by molar-refractivity contribution is 7.99. The van der Waals surface area contributed by atoms with Crippen molar-refractivity contribution in [3.05, 3.63) is 51.7 Å². The van der Waals surface area contributed by atoms with Crippen molar-refractivity contribution >= 4 is 46.5 Å². The van der Waals surface area contributed by atoms with Gasteiger partial charge in [-0.2, -0.15) is 11.8 Å². The molecular formula is C23H27N3O3S2. The second-order valence-corrected chi connectivity index (χ2v) is 10.1. The molecule has 2 aromatic rings. The van der Waals surface area contributed by atoms with Gasteiger partial charge >= 0.3 is 0 Å². The molecule has 6 nitrogen and oxygen atoms in total. The fraction of sp³-hybridized carbons (Fsp3) is 0.435. The van der Waals surface area contributed by atoms with Crippen molar-refractivity contribution in [1.29, 1.82) is 0 Å². The lowest BCUT2D eigenvalue weighted by Crippen LogP contribution is -2.38. The Morgan fingerprint density at radius 3 is 2.45 bits per heavy atom. The molecule has 4 rings (SSSR count). The molecule has 2 aliphatic heterocycles.